The number of halogens is 1. The highest BCUT2D eigenvalue weighted by atomic mass is 127. The van der Waals surface area contributed by atoms with E-state index >= 15 is 0 Å². The number of thiazole rings is 1. The van der Waals surface area contributed by atoms with Crippen molar-refractivity contribution in [2.75, 3.05) is 32.8 Å². The van der Waals surface area contributed by atoms with E-state index < -0.39 is 0 Å². The third kappa shape index (κ3) is 12.0. The van der Waals surface area contributed by atoms with Gasteiger partial charge in [0, 0.05) is 50.3 Å². The predicted molar refractivity (Wildman–Crippen MR) is 115 cm³/mol. The zero-order valence-corrected chi connectivity index (χ0v) is 18.6. The van der Waals surface area contributed by atoms with Crippen molar-refractivity contribution >= 4 is 41.3 Å². The van der Waals surface area contributed by atoms with Gasteiger partial charge in [0.15, 0.2) is 5.96 Å². The van der Waals surface area contributed by atoms with E-state index in [1.807, 2.05) is 6.92 Å². The highest BCUT2D eigenvalue weighted by Gasteiger charge is 2.00. The van der Waals surface area contributed by atoms with E-state index in [2.05, 4.69) is 46.8 Å². The second kappa shape index (κ2) is 14.9. The van der Waals surface area contributed by atoms with Gasteiger partial charge >= 0.3 is 0 Å². The van der Waals surface area contributed by atoms with Crippen molar-refractivity contribution in [1.82, 2.24) is 15.6 Å². The highest BCUT2D eigenvalue weighted by molar-refractivity contribution is 14.0. The lowest BCUT2D eigenvalue weighted by Gasteiger charge is -2.11. The number of guanidine groups is 1. The maximum Gasteiger partial charge on any atom is 0.191 e. The first kappa shape index (κ1) is 23.6. The molecule has 0 aliphatic heterocycles. The molecule has 0 saturated carbocycles. The third-order valence-corrected chi connectivity index (χ3v) is 4.06. The Hall–Kier alpha value is -0.410. The molecular formula is C17H33IN4OS. The quantitative estimate of drug-likeness (QED) is 0.226. The molecule has 5 nitrogen and oxygen atoms in total. The first-order chi connectivity index (χ1) is 11.1. The van der Waals surface area contributed by atoms with Gasteiger partial charge in [0.2, 0.25) is 0 Å². The Morgan fingerprint density at radius 1 is 1.33 bits per heavy atom. The zero-order chi connectivity index (χ0) is 16.9. The summed E-state index contributed by atoms with van der Waals surface area (Å²) < 4.78 is 5.58. The summed E-state index contributed by atoms with van der Waals surface area (Å²) in [5, 5.41) is 9.95. The molecule has 24 heavy (non-hydrogen) atoms. The molecule has 0 bridgehead atoms. The van der Waals surface area contributed by atoms with Crippen LogP contribution in [0.3, 0.4) is 0 Å². The van der Waals surface area contributed by atoms with Crippen molar-refractivity contribution in [2.24, 2.45) is 10.9 Å². The molecule has 140 valence electrons. The molecule has 0 radical (unpaired) electrons. The molecule has 0 unspecified atom stereocenters. The van der Waals surface area contributed by atoms with Gasteiger partial charge in [-0.2, -0.15) is 0 Å². The number of aryl methyl sites for hydroxylation is 2. The summed E-state index contributed by atoms with van der Waals surface area (Å²) in [5.74, 6) is 1.50. The first-order valence-corrected chi connectivity index (χ1v) is 9.50. The molecule has 0 aromatic carbocycles. The Balaban J connectivity index is 0.00000529. The number of ether oxygens (including phenoxy) is 1. The van der Waals surface area contributed by atoms with E-state index in [0.717, 1.165) is 63.8 Å². The lowest BCUT2D eigenvalue weighted by molar-refractivity contribution is 0.108. The van der Waals surface area contributed by atoms with Gasteiger partial charge in [-0.3, -0.25) is 4.99 Å². The summed E-state index contributed by atoms with van der Waals surface area (Å²) in [4.78, 5) is 9.09. The molecule has 0 aliphatic carbocycles. The Morgan fingerprint density at radius 2 is 2.12 bits per heavy atom. The van der Waals surface area contributed by atoms with Crippen molar-refractivity contribution in [3.8, 4) is 0 Å². The lowest BCUT2D eigenvalue weighted by atomic mass is 10.2. The second-order valence-electron chi connectivity index (χ2n) is 6.00. The summed E-state index contributed by atoms with van der Waals surface area (Å²) in [7, 11) is 0. The van der Waals surface area contributed by atoms with E-state index in [4.69, 9.17) is 4.74 Å². The van der Waals surface area contributed by atoms with Gasteiger partial charge in [-0.15, -0.1) is 35.3 Å². The van der Waals surface area contributed by atoms with Crippen LogP contribution in [0.2, 0.25) is 0 Å². The van der Waals surface area contributed by atoms with E-state index in [1.165, 1.54) is 5.01 Å². The Morgan fingerprint density at radius 3 is 2.75 bits per heavy atom. The van der Waals surface area contributed by atoms with E-state index in [9.17, 15) is 0 Å². The van der Waals surface area contributed by atoms with E-state index in [0.29, 0.717) is 5.92 Å². The molecule has 1 heterocycles. The molecule has 1 aromatic heterocycles. The van der Waals surface area contributed by atoms with Gasteiger partial charge in [0.25, 0.3) is 0 Å². The van der Waals surface area contributed by atoms with Crippen LogP contribution >= 0.6 is 35.3 Å². The molecule has 0 amide bonds. The molecule has 0 saturated heterocycles. The minimum atomic E-state index is 0. The number of nitrogens with zero attached hydrogens (tertiary/aromatic N) is 2. The number of nitrogens with one attached hydrogen (secondary N) is 2. The molecule has 0 fully saturated rings. The summed E-state index contributed by atoms with van der Waals surface area (Å²) in [6.07, 6.45) is 3.03. The summed E-state index contributed by atoms with van der Waals surface area (Å²) in [5.41, 5.74) is 1.11. The van der Waals surface area contributed by atoms with Gasteiger partial charge < -0.3 is 15.4 Å². The minimum absolute atomic E-state index is 0. The number of hydrogen-bond donors (Lipinski definition) is 2. The summed E-state index contributed by atoms with van der Waals surface area (Å²) >= 11 is 1.74. The topological polar surface area (TPSA) is 58.5 Å². The molecule has 0 aliphatic rings. The normalized spacial score (nSPS) is 11.5. The van der Waals surface area contributed by atoms with Crippen LogP contribution in [0, 0.1) is 12.8 Å². The fourth-order valence-electron chi connectivity index (χ4n) is 1.98. The minimum Gasteiger partial charge on any atom is -0.381 e. The standard InChI is InChI=1S/C17H32N4OS.HI/c1-5-18-17(20-10-7-11-22-12-14(2)3)19-9-6-8-16-21-15(4)13-23-16;/h13-14H,5-12H2,1-4H3,(H2,18,19,20);1H. The van der Waals surface area contributed by atoms with Gasteiger partial charge in [-0.25, -0.2) is 4.98 Å². The molecule has 1 aromatic rings. The molecular weight excluding hydrogens is 435 g/mol. The van der Waals surface area contributed by atoms with Crippen LogP contribution in [0.4, 0.5) is 0 Å². The lowest BCUT2D eigenvalue weighted by Crippen LogP contribution is -2.38. The van der Waals surface area contributed by atoms with Gasteiger partial charge in [-0.1, -0.05) is 13.8 Å². The maximum absolute atomic E-state index is 5.58. The van der Waals surface area contributed by atoms with Crippen LogP contribution in [0.25, 0.3) is 0 Å². The average Bonchev–Trinajstić information content (AvgIpc) is 2.92. The first-order valence-electron chi connectivity index (χ1n) is 8.62. The molecule has 7 heteroatoms. The molecule has 0 spiro atoms. The largest absolute Gasteiger partial charge is 0.381 e. The Bertz CT molecular complexity index is 452. The highest BCUT2D eigenvalue weighted by Crippen LogP contribution is 2.10. The van der Waals surface area contributed by atoms with Crippen LogP contribution in [-0.2, 0) is 11.2 Å². The smallest absolute Gasteiger partial charge is 0.191 e. The third-order valence-electron chi connectivity index (χ3n) is 3.04. The zero-order valence-electron chi connectivity index (χ0n) is 15.4. The van der Waals surface area contributed by atoms with Crippen molar-refractivity contribution in [1.29, 1.82) is 0 Å². The van der Waals surface area contributed by atoms with Gasteiger partial charge in [0.05, 0.1) is 5.01 Å². The van der Waals surface area contributed by atoms with Crippen LogP contribution in [0.5, 0.6) is 0 Å². The predicted octanol–water partition coefficient (Wildman–Crippen LogP) is 3.62. The van der Waals surface area contributed by atoms with Crippen LogP contribution in [0.1, 0.15) is 44.3 Å². The van der Waals surface area contributed by atoms with E-state index in [-0.39, 0.29) is 24.0 Å². The van der Waals surface area contributed by atoms with Crippen molar-refractivity contribution in [3.05, 3.63) is 16.1 Å². The summed E-state index contributed by atoms with van der Waals surface area (Å²) in [6.45, 7) is 12.7. The van der Waals surface area contributed by atoms with Gasteiger partial charge in [-0.05, 0) is 32.6 Å². The molecule has 1 rings (SSSR count). The molecule has 2 N–H and O–H groups in total. The van der Waals surface area contributed by atoms with Crippen LogP contribution in [-0.4, -0.2) is 43.8 Å². The monoisotopic (exact) mass is 468 g/mol. The fourth-order valence-corrected chi connectivity index (χ4v) is 2.80. The maximum atomic E-state index is 5.58. The Kier molecular flexibility index (Phi) is 14.6. The molecule has 0 atom stereocenters. The van der Waals surface area contributed by atoms with Crippen molar-refractivity contribution in [2.45, 2.75) is 47.0 Å². The average molecular weight is 468 g/mol. The van der Waals surface area contributed by atoms with Gasteiger partial charge in [0.1, 0.15) is 0 Å². The van der Waals surface area contributed by atoms with Crippen molar-refractivity contribution in [3.63, 3.8) is 0 Å². The van der Waals surface area contributed by atoms with Crippen LogP contribution < -0.4 is 10.6 Å². The number of aliphatic imine (C=N–C) groups is 1. The summed E-state index contributed by atoms with van der Waals surface area (Å²) in [6, 6.07) is 0. The Labute approximate surface area is 168 Å². The number of rotatable bonds is 11. The SMILES string of the molecule is CCNC(=NCCCc1nc(C)cs1)NCCCOCC(C)C.I. The number of aromatic nitrogens is 1. The number of hydrogen-bond acceptors (Lipinski definition) is 4. The van der Waals surface area contributed by atoms with E-state index in [1.54, 1.807) is 11.3 Å². The second-order valence-corrected chi connectivity index (χ2v) is 6.94. The van der Waals surface area contributed by atoms with Crippen molar-refractivity contribution < 1.29 is 4.74 Å². The fraction of sp³-hybridized carbons (Fsp3) is 0.765. The van der Waals surface area contributed by atoms with Crippen LogP contribution in [0.15, 0.2) is 10.4 Å².